The number of carboxylic acid groups (broad SMARTS) is 1. The first kappa shape index (κ1) is 25.2. The first-order valence-corrected chi connectivity index (χ1v) is 10.9. The lowest BCUT2D eigenvalue weighted by atomic mass is 10.1. The fourth-order valence-electron chi connectivity index (χ4n) is 3.61. The summed E-state index contributed by atoms with van der Waals surface area (Å²) in [5.41, 5.74) is 3.27. The molecule has 0 saturated carbocycles. The standard InChI is InChI=1S/C24H19N5O.C2HF3O2/c30-21-15-22(27-19-7-3-1-4-8-19)29(20-9-5-2-6-10-20)24-23(21)18(11-12-26-24)16-28-14-13-25-17-28;3-2(4,5)1(6)7/h1-15,17,27H,16H2;(H,6,7). The molecule has 188 valence electrons. The van der Waals surface area contributed by atoms with Gasteiger partial charge in [-0.05, 0) is 35.9 Å². The molecule has 0 saturated heterocycles. The number of aromatic nitrogens is 4. The van der Waals surface area contributed by atoms with E-state index in [4.69, 9.17) is 9.90 Å². The SMILES string of the molecule is O=C(O)C(F)(F)F.O=c1cc(Nc2ccccc2)n(-c2ccccc2)c2nccc(Cn3ccnc3)c12. The number of hydrogen-bond donors (Lipinski definition) is 2. The molecular weight excluding hydrogens is 487 g/mol. The summed E-state index contributed by atoms with van der Waals surface area (Å²) in [6.07, 6.45) is 2.02. The van der Waals surface area contributed by atoms with Crippen LogP contribution in [0.1, 0.15) is 5.56 Å². The Balaban J connectivity index is 0.000000405. The van der Waals surface area contributed by atoms with Crippen molar-refractivity contribution in [3.8, 4) is 5.69 Å². The van der Waals surface area contributed by atoms with Gasteiger partial charge in [0.25, 0.3) is 0 Å². The molecule has 0 aliphatic rings. The summed E-state index contributed by atoms with van der Waals surface area (Å²) in [7, 11) is 0. The maximum absolute atomic E-state index is 13.2. The number of aliphatic carboxylic acids is 1. The van der Waals surface area contributed by atoms with E-state index in [0.29, 0.717) is 23.4 Å². The van der Waals surface area contributed by atoms with E-state index in [-0.39, 0.29) is 5.43 Å². The van der Waals surface area contributed by atoms with E-state index in [0.717, 1.165) is 16.9 Å². The number of rotatable bonds is 5. The largest absolute Gasteiger partial charge is 0.490 e. The Kier molecular flexibility index (Phi) is 7.33. The van der Waals surface area contributed by atoms with Gasteiger partial charge >= 0.3 is 12.1 Å². The molecule has 0 spiro atoms. The Hall–Kier alpha value is -4.93. The van der Waals surface area contributed by atoms with Gasteiger partial charge in [-0.1, -0.05) is 36.4 Å². The quantitative estimate of drug-likeness (QED) is 0.347. The number of carbonyl (C=O) groups is 1. The first-order valence-electron chi connectivity index (χ1n) is 10.9. The summed E-state index contributed by atoms with van der Waals surface area (Å²) in [5.74, 6) is -2.09. The number of halogens is 3. The van der Waals surface area contributed by atoms with Gasteiger partial charge in [-0.15, -0.1) is 0 Å². The second-order valence-electron chi connectivity index (χ2n) is 7.76. The van der Waals surface area contributed by atoms with Crippen LogP contribution in [0.15, 0.2) is 103 Å². The number of benzene rings is 2. The van der Waals surface area contributed by atoms with Crippen molar-refractivity contribution in [1.82, 2.24) is 19.1 Å². The van der Waals surface area contributed by atoms with Gasteiger partial charge in [0.1, 0.15) is 11.5 Å². The monoisotopic (exact) mass is 507 g/mol. The van der Waals surface area contributed by atoms with Crippen LogP contribution in [0.4, 0.5) is 24.7 Å². The summed E-state index contributed by atoms with van der Waals surface area (Å²) < 4.78 is 35.7. The van der Waals surface area contributed by atoms with E-state index in [1.807, 2.05) is 82.1 Å². The number of nitrogens with zero attached hydrogens (tertiary/aromatic N) is 4. The highest BCUT2D eigenvalue weighted by Gasteiger charge is 2.38. The number of pyridine rings is 2. The van der Waals surface area contributed by atoms with Crippen molar-refractivity contribution < 1.29 is 23.1 Å². The molecule has 11 heteroatoms. The van der Waals surface area contributed by atoms with Crippen molar-refractivity contribution >= 4 is 28.5 Å². The van der Waals surface area contributed by atoms with Crippen molar-refractivity contribution in [2.45, 2.75) is 12.7 Å². The van der Waals surface area contributed by atoms with Crippen molar-refractivity contribution in [3.05, 3.63) is 114 Å². The van der Waals surface area contributed by atoms with Crippen molar-refractivity contribution in [3.63, 3.8) is 0 Å². The minimum atomic E-state index is -5.08. The molecular formula is C26H20F3N5O3. The molecule has 0 fully saturated rings. The van der Waals surface area contributed by atoms with E-state index < -0.39 is 12.1 Å². The van der Waals surface area contributed by atoms with Crippen molar-refractivity contribution in [2.24, 2.45) is 0 Å². The molecule has 2 aromatic carbocycles. The minimum absolute atomic E-state index is 0.0705. The fourth-order valence-corrected chi connectivity index (χ4v) is 3.61. The smallest absolute Gasteiger partial charge is 0.475 e. The van der Waals surface area contributed by atoms with Crippen LogP contribution in [-0.2, 0) is 11.3 Å². The van der Waals surface area contributed by atoms with Gasteiger partial charge in [0, 0.05) is 42.6 Å². The highest BCUT2D eigenvalue weighted by atomic mass is 19.4. The van der Waals surface area contributed by atoms with Gasteiger partial charge in [0.2, 0.25) is 0 Å². The molecule has 0 amide bonds. The van der Waals surface area contributed by atoms with Crippen molar-refractivity contribution in [1.29, 1.82) is 0 Å². The molecule has 5 aromatic rings. The number of alkyl halides is 3. The van der Waals surface area contributed by atoms with Crippen LogP contribution in [0.5, 0.6) is 0 Å². The molecule has 2 N–H and O–H groups in total. The highest BCUT2D eigenvalue weighted by Crippen LogP contribution is 2.25. The summed E-state index contributed by atoms with van der Waals surface area (Å²) in [6.45, 7) is 0.550. The zero-order valence-corrected chi connectivity index (χ0v) is 19.1. The lowest BCUT2D eigenvalue weighted by molar-refractivity contribution is -0.192. The predicted octanol–water partition coefficient (Wildman–Crippen LogP) is 5.01. The fraction of sp³-hybridized carbons (Fsp3) is 0.0769. The Morgan fingerprint density at radius 1 is 0.973 bits per heavy atom. The zero-order valence-electron chi connectivity index (χ0n) is 19.1. The van der Waals surface area contributed by atoms with Crippen LogP contribution >= 0.6 is 0 Å². The maximum atomic E-state index is 13.2. The number of hydrogen-bond acceptors (Lipinski definition) is 5. The lowest BCUT2D eigenvalue weighted by Gasteiger charge is -2.18. The molecule has 0 radical (unpaired) electrons. The summed E-state index contributed by atoms with van der Waals surface area (Å²) in [4.78, 5) is 30.8. The summed E-state index contributed by atoms with van der Waals surface area (Å²) >= 11 is 0. The average Bonchev–Trinajstić information content (AvgIpc) is 3.38. The van der Waals surface area contributed by atoms with E-state index in [1.54, 1.807) is 24.8 Å². The Labute approximate surface area is 208 Å². The van der Waals surface area contributed by atoms with E-state index in [1.165, 1.54) is 0 Å². The molecule has 0 aliphatic carbocycles. The highest BCUT2D eigenvalue weighted by molar-refractivity contribution is 5.83. The van der Waals surface area contributed by atoms with Crippen molar-refractivity contribution in [2.75, 3.05) is 5.32 Å². The topological polar surface area (TPSA) is 102 Å². The third-order valence-corrected chi connectivity index (χ3v) is 5.20. The molecule has 0 unspecified atom stereocenters. The Morgan fingerprint density at radius 3 is 2.22 bits per heavy atom. The normalized spacial score (nSPS) is 11.0. The van der Waals surface area contributed by atoms with Gasteiger partial charge in [0.15, 0.2) is 5.43 Å². The van der Waals surface area contributed by atoms with Crippen LogP contribution in [0, 0.1) is 0 Å². The average molecular weight is 507 g/mol. The maximum Gasteiger partial charge on any atom is 0.490 e. The molecule has 0 bridgehead atoms. The lowest BCUT2D eigenvalue weighted by Crippen LogP contribution is -2.21. The van der Waals surface area contributed by atoms with Gasteiger partial charge < -0.3 is 15.0 Å². The number of nitrogens with one attached hydrogen (secondary N) is 1. The molecule has 5 rings (SSSR count). The summed E-state index contributed by atoms with van der Waals surface area (Å²) in [6, 6.07) is 23.3. The van der Waals surface area contributed by atoms with Crippen LogP contribution in [0.3, 0.4) is 0 Å². The van der Waals surface area contributed by atoms with Crippen LogP contribution in [0.25, 0.3) is 16.7 Å². The van der Waals surface area contributed by atoms with E-state index >= 15 is 0 Å². The van der Waals surface area contributed by atoms with E-state index in [9.17, 15) is 18.0 Å². The number of para-hydroxylation sites is 2. The number of anilines is 2. The summed E-state index contributed by atoms with van der Waals surface area (Å²) in [5, 5.41) is 11.1. The molecule has 0 aliphatic heterocycles. The second kappa shape index (κ2) is 10.8. The van der Waals surface area contributed by atoms with E-state index in [2.05, 4.69) is 15.3 Å². The molecule has 3 heterocycles. The first-order chi connectivity index (χ1) is 17.7. The second-order valence-corrected chi connectivity index (χ2v) is 7.76. The Bertz CT molecular complexity index is 1550. The third-order valence-electron chi connectivity index (χ3n) is 5.20. The number of carboxylic acids is 1. The third kappa shape index (κ3) is 6.01. The predicted molar refractivity (Wildman–Crippen MR) is 132 cm³/mol. The van der Waals surface area contributed by atoms with Gasteiger partial charge in [0.05, 0.1) is 11.7 Å². The number of imidazole rings is 1. The zero-order chi connectivity index (χ0) is 26.4. The van der Waals surface area contributed by atoms with Crippen LogP contribution in [0.2, 0.25) is 0 Å². The molecule has 8 nitrogen and oxygen atoms in total. The van der Waals surface area contributed by atoms with Crippen LogP contribution in [-0.4, -0.2) is 36.4 Å². The van der Waals surface area contributed by atoms with Crippen LogP contribution < -0.4 is 10.7 Å². The molecule has 37 heavy (non-hydrogen) atoms. The molecule has 3 aromatic heterocycles. The Morgan fingerprint density at radius 2 is 1.62 bits per heavy atom. The number of fused-ring (bicyclic) bond motifs is 1. The van der Waals surface area contributed by atoms with Gasteiger partial charge in [-0.2, -0.15) is 13.2 Å². The minimum Gasteiger partial charge on any atom is -0.475 e. The molecule has 0 atom stereocenters. The van der Waals surface area contributed by atoms with Gasteiger partial charge in [-0.3, -0.25) is 9.36 Å². The van der Waals surface area contributed by atoms with Gasteiger partial charge in [-0.25, -0.2) is 14.8 Å².